The Hall–Kier alpha value is -2.19. The van der Waals surface area contributed by atoms with Crippen molar-refractivity contribution in [3.05, 3.63) is 53.7 Å². The Bertz CT molecular complexity index is 830. The molecule has 1 heterocycles. The Labute approximate surface area is 146 Å². The first kappa shape index (κ1) is 19.1. The van der Waals surface area contributed by atoms with Crippen LogP contribution in [0.4, 0.5) is 4.39 Å². The topological polar surface area (TPSA) is 70.8 Å². The first-order valence-electron chi connectivity index (χ1n) is 7.88. The predicted octanol–water partition coefficient (Wildman–Crippen LogP) is 2.72. The Balaban J connectivity index is 2.34. The van der Waals surface area contributed by atoms with E-state index < -0.39 is 21.7 Å². The molecule has 0 radical (unpaired) electrons. The zero-order valence-electron chi connectivity index (χ0n) is 14.4. The highest BCUT2D eigenvalue weighted by atomic mass is 32.2. The molecule has 0 aliphatic heterocycles. The summed E-state index contributed by atoms with van der Waals surface area (Å²) >= 11 is 0. The van der Waals surface area contributed by atoms with E-state index in [9.17, 15) is 17.6 Å². The Morgan fingerprint density at radius 1 is 1.20 bits per heavy atom. The number of amides is 1. The third-order valence-corrected chi connectivity index (χ3v) is 5.88. The molecular weight excluding hydrogens is 347 g/mol. The smallest absolute Gasteiger partial charge is 0.257 e. The maximum absolute atomic E-state index is 14.1. The van der Waals surface area contributed by atoms with E-state index in [1.807, 2.05) is 0 Å². The highest BCUT2D eigenvalue weighted by Crippen LogP contribution is 2.20. The molecule has 0 aliphatic rings. The number of rotatable bonds is 7. The van der Waals surface area contributed by atoms with Crippen LogP contribution >= 0.6 is 0 Å². The molecule has 1 amide bonds. The molecule has 0 aliphatic carbocycles. The van der Waals surface area contributed by atoms with Crippen LogP contribution in [0.2, 0.25) is 0 Å². The summed E-state index contributed by atoms with van der Waals surface area (Å²) in [6, 6.07) is 6.65. The number of nitrogens with zero attached hydrogens (tertiary/aromatic N) is 2. The number of carbonyl (C=O) groups is 1. The number of furan rings is 1. The quantitative estimate of drug-likeness (QED) is 0.753. The average molecular weight is 368 g/mol. The maximum atomic E-state index is 14.1. The molecule has 0 saturated heterocycles. The van der Waals surface area contributed by atoms with Crippen LogP contribution in [0.1, 0.15) is 30.0 Å². The minimum Gasteiger partial charge on any atom is -0.467 e. The number of benzene rings is 1. The molecule has 136 valence electrons. The van der Waals surface area contributed by atoms with Crippen molar-refractivity contribution in [1.82, 2.24) is 9.21 Å². The van der Waals surface area contributed by atoms with Gasteiger partial charge in [0.05, 0.1) is 23.3 Å². The molecule has 0 bridgehead atoms. The lowest BCUT2D eigenvalue weighted by molar-refractivity contribution is 0.0770. The summed E-state index contributed by atoms with van der Waals surface area (Å²) in [4.78, 5) is 13.7. The number of halogens is 1. The molecular formula is C17H21FN2O4S. The molecule has 8 heteroatoms. The van der Waals surface area contributed by atoms with Crippen molar-refractivity contribution in [2.24, 2.45) is 0 Å². The molecule has 0 unspecified atom stereocenters. The van der Waals surface area contributed by atoms with Gasteiger partial charge >= 0.3 is 0 Å². The normalized spacial score (nSPS) is 11.7. The summed E-state index contributed by atoms with van der Waals surface area (Å²) < 4.78 is 45.7. The van der Waals surface area contributed by atoms with Crippen molar-refractivity contribution in [2.45, 2.75) is 25.3 Å². The third kappa shape index (κ3) is 4.08. The monoisotopic (exact) mass is 368 g/mol. The minimum atomic E-state index is -3.77. The number of sulfonamides is 1. The summed E-state index contributed by atoms with van der Waals surface area (Å²) in [5, 5.41) is 0. The predicted molar refractivity (Wildman–Crippen MR) is 91.0 cm³/mol. The van der Waals surface area contributed by atoms with E-state index in [1.54, 1.807) is 26.0 Å². The van der Waals surface area contributed by atoms with Gasteiger partial charge in [0.15, 0.2) is 0 Å². The molecule has 2 rings (SSSR count). The van der Waals surface area contributed by atoms with Gasteiger partial charge in [-0.2, -0.15) is 4.31 Å². The van der Waals surface area contributed by atoms with E-state index in [1.165, 1.54) is 28.6 Å². The summed E-state index contributed by atoms with van der Waals surface area (Å²) in [6.07, 6.45) is 1.48. The summed E-state index contributed by atoms with van der Waals surface area (Å²) in [7, 11) is -2.28. The van der Waals surface area contributed by atoms with Crippen molar-refractivity contribution in [3.8, 4) is 0 Å². The lowest BCUT2D eigenvalue weighted by Crippen LogP contribution is -2.31. The van der Waals surface area contributed by atoms with Gasteiger partial charge in [-0.05, 0) is 30.3 Å². The molecule has 0 N–H and O–H groups in total. The minimum absolute atomic E-state index is 0.104. The van der Waals surface area contributed by atoms with Crippen LogP contribution in [-0.4, -0.2) is 43.7 Å². The molecule has 0 spiro atoms. The van der Waals surface area contributed by atoms with Gasteiger partial charge in [-0.25, -0.2) is 12.8 Å². The van der Waals surface area contributed by atoms with Crippen LogP contribution < -0.4 is 0 Å². The van der Waals surface area contributed by atoms with Crippen LogP contribution in [0.5, 0.6) is 0 Å². The van der Waals surface area contributed by atoms with Gasteiger partial charge in [0.25, 0.3) is 5.91 Å². The fourth-order valence-electron chi connectivity index (χ4n) is 2.46. The Morgan fingerprint density at radius 3 is 2.44 bits per heavy atom. The van der Waals surface area contributed by atoms with E-state index in [4.69, 9.17) is 4.42 Å². The van der Waals surface area contributed by atoms with Gasteiger partial charge < -0.3 is 9.32 Å². The van der Waals surface area contributed by atoms with Crippen molar-refractivity contribution in [3.63, 3.8) is 0 Å². The number of carbonyl (C=O) groups excluding carboxylic acids is 1. The third-order valence-electron chi connectivity index (χ3n) is 3.83. The van der Waals surface area contributed by atoms with Crippen LogP contribution in [0, 0.1) is 5.82 Å². The summed E-state index contributed by atoms with van der Waals surface area (Å²) in [5.74, 6) is -0.844. The van der Waals surface area contributed by atoms with Crippen LogP contribution in [0.25, 0.3) is 0 Å². The molecule has 2 aromatic rings. The van der Waals surface area contributed by atoms with E-state index in [0.29, 0.717) is 5.76 Å². The summed E-state index contributed by atoms with van der Waals surface area (Å²) in [6.45, 7) is 4.16. The molecule has 1 aromatic carbocycles. The van der Waals surface area contributed by atoms with Crippen molar-refractivity contribution in [2.75, 3.05) is 20.1 Å². The second kappa shape index (κ2) is 7.79. The van der Waals surface area contributed by atoms with Crippen molar-refractivity contribution >= 4 is 15.9 Å². The average Bonchev–Trinajstić information content (AvgIpc) is 3.08. The number of hydrogen-bond donors (Lipinski definition) is 0. The zero-order valence-corrected chi connectivity index (χ0v) is 15.2. The fraction of sp³-hybridized carbons (Fsp3) is 0.353. The standard InChI is InChI=1S/C17H21FN2O4S/c1-4-20(5-2)25(22,23)14-8-9-16(18)15(11-14)17(21)19(3)12-13-7-6-10-24-13/h6-11H,4-5,12H2,1-3H3. The molecule has 0 atom stereocenters. The van der Waals surface area contributed by atoms with Crippen molar-refractivity contribution in [1.29, 1.82) is 0 Å². The molecule has 25 heavy (non-hydrogen) atoms. The van der Waals surface area contributed by atoms with E-state index in [0.717, 1.165) is 12.1 Å². The molecule has 1 aromatic heterocycles. The molecule has 6 nitrogen and oxygen atoms in total. The highest BCUT2D eigenvalue weighted by molar-refractivity contribution is 7.89. The zero-order chi connectivity index (χ0) is 18.6. The second-order valence-electron chi connectivity index (χ2n) is 5.47. The van der Waals surface area contributed by atoms with E-state index >= 15 is 0 Å². The molecule has 0 fully saturated rings. The van der Waals surface area contributed by atoms with Gasteiger partial charge in [0.2, 0.25) is 10.0 Å². The highest BCUT2D eigenvalue weighted by Gasteiger charge is 2.25. The first-order chi connectivity index (χ1) is 11.8. The largest absolute Gasteiger partial charge is 0.467 e. The van der Waals surface area contributed by atoms with E-state index in [2.05, 4.69) is 0 Å². The van der Waals surface area contributed by atoms with Crippen LogP contribution in [0.15, 0.2) is 45.9 Å². The van der Waals surface area contributed by atoms with Crippen LogP contribution in [-0.2, 0) is 16.6 Å². The fourth-order valence-corrected chi connectivity index (χ4v) is 3.94. The summed E-state index contributed by atoms with van der Waals surface area (Å²) in [5.41, 5.74) is -0.290. The van der Waals surface area contributed by atoms with Crippen LogP contribution in [0.3, 0.4) is 0 Å². The first-order valence-corrected chi connectivity index (χ1v) is 9.32. The Morgan fingerprint density at radius 2 is 1.88 bits per heavy atom. The van der Waals surface area contributed by atoms with Gasteiger partial charge in [-0.15, -0.1) is 0 Å². The Kier molecular flexibility index (Phi) is 5.97. The molecule has 0 saturated carbocycles. The van der Waals surface area contributed by atoms with Crippen molar-refractivity contribution < 1.29 is 22.0 Å². The van der Waals surface area contributed by atoms with Gasteiger partial charge in [0, 0.05) is 20.1 Å². The van der Waals surface area contributed by atoms with Gasteiger partial charge in [-0.1, -0.05) is 13.8 Å². The van der Waals surface area contributed by atoms with Gasteiger partial charge in [0.1, 0.15) is 11.6 Å². The lowest BCUT2D eigenvalue weighted by Gasteiger charge is -2.20. The maximum Gasteiger partial charge on any atom is 0.257 e. The lowest BCUT2D eigenvalue weighted by atomic mass is 10.2. The number of hydrogen-bond acceptors (Lipinski definition) is 4. The second-order valence-corrected chi connectivity index (χ2v) is 7.41. The van der Waals surface area contributed by atoms with E-state index in [-0.39, 0.29) is 30.1 Å². The van der Waals surface area contributed by atoms with Gasteiger partial charge in [-0.3, -0.25) is 4.79 Å². The SMILES string of the molecule is CCN(CC)S(=O)(=O)c1ccc(F)c(C(=O)N(C)Cc2ccco2)c1.